The Morgan fingerprint density at radius 2 is 2.16 bits per heavy atom. The number of carbonyl (C=O) groups excluding carboxylic acids is 2. The minimum absolute atomic E-state index is 0.242. The number of hydrogen-bond acceptors (Lipinski definition) is 3. The Labute approximate surface area is 117 Å². The number of rotatable bonds is 1. The lowest BCUT2D eigenvalue weighted by Crippen LogP contribution is -2.50. The van der Waals surface area contributed by atoms with E-state index in [2.05, 4.69) is 26.3 Å². The van der Waals surface area contributed by atoms with Crippen LogP contribution in [0.15, 0.2) is 22.7 Å². The second-order valence-corrected chi connectivity index (χ2v) is 5.28. The molecule has 3 rings (SSSR count). The number of carbonyl (C=O) groups is 2. The largest absolute Gasteiger partial charge is 0.329 e. The van der Waals surface area contributed by atoms with Crippen LogP contribution in [0.2, 0.25) is 0 Å². The first-order chi connectivity index (χ1) is 9.06. The van der Waals surface area contributed by atoms with E-state index in [9.17, 15) is 9.59 Å². The highest BCUT2D eigenvalue weighted by Crippen LogP contribution is 2.29. The number of imide groups is 1. The molecule has 0 radical (unpaired) electrons. The molecule has 2 heterocycles. The molecular formula is C12H11BrN4O2. The highest BCUT2D eigenvalue weighted by molar-refractivity contribution is 9.10. The van der Waals surface area contributed by atoms with E-state index in [1.54, 1.807) is 16.6 Å². The van der Waals surface area contributed by atoms with Gasteiger partial charge in [-0.2, -0.15) is 5.10 Å². The van der Waals surface area contributed by atoms with Crippen LogP contribution in [0.25, 0.3) is 10.9 Å². The van der Waals surface area contributed by atoms with Crippen LogP contribution < -0.4 is 10.2 Å². The number of urea groups is 1. The molecular weight excluding hydrogens is 312 g/mol. The number of aryl methyl sites for hydroxylation is 1. The van der Waals surface area contributed by atoms with Gasteiger partial charge < -0.3 is 0 Å². The molecule has 0 unspecified atom stereocenters. The summed E-state index contributed by atoms with van der Waals surface area (Å²) in [7, 11) is 1.78. The summed E-state index contributed by atoms with van der Waals surface area (Å²) < 4.78 is 2.58. The summed E-state index contributed by atoms with van der Waals surface area (Å²) in [6.07, 6.45) is 0.298. The van der Waals surface area contributed by atoms with Crippen molar-refractivity contribution in [2.45, 2.75) is 6.42 Å². The minimum Gasteiger partial charge on any atom is -0.278 e. The monoisotopic (exact) mass is 322 g/mol. The van der Waals surface area contributed by atoms with E-state index in [-0.39, 0.29) is 5.91 Å². The predicted octanol–water partition coefficient (Wildman–Crippen LogP) is 1.78. The van der Waals surface area contributed by atoms with Crippen LogP contribution in [0, 0.1) is 0 Å². The standard InChI is InChI=1S/C12H11BrN4O2/c1-16-11(17-5-4-10(18)14-12(17)19)8-6-7(13)2-3-9(8)15-16/h2-3,6H,4-5H2,1H3,(H,14,18,19). The van der Waals surface area contributed by atoms with Gasteiger partial charge in [-0.15, -0.1) is 0 Å². The number of aromatic nitrogens is 2. The molecule has 6 nitrogen and oxygen atoms in total. The first kappa shape index (κ1) is 12.2. The van der Waals surface area contributed by atoms with Crippen molar-refractivity contribution in [2.75, 3.05) is 11.4 Å². The fourth-order valence-corrected chi connectivity index (χ4v) is 2.61. The van der Waals surface area contributed by atoms with E-state index < -0.39 is 6.03 Å². The Hall–Kier alpha value is -1.89. The number of anilines is 1. The second-order valence-electron chi connectivity index (χ2n) is 4.36. The van der Waals surface area contributed by atoms with Gasteiger partial charge in [0, 0.05) is 29.9 Å². The molecule has 7 heteroatoms. The SMILES string of the molecule is Cn1nc2ccc(Br)cc2c1N1CCC(=O)NC1=O. The third-order valence-corrected chi connectivity index (χ3v) is 3.57. The highest BCUT2D eigenvalue weighted by Gasteiger charge is 2.28. The van der Waals surface area contributed by atoms with Crippen LogP contribution in [0.3, 0.4) is 0 Å². The summed E-state index contributed by atoms with van der Waals surface area (Å²) in [5.74, 6) is 0.454. The maximum absolute atomic E-state index is 11.9. The van der Waals surface area contributed by atoms with Crippen molar-refractivity contribution >= 4 is 44.6 Å². The van der Waals surface area contributed by atoms with Gasteiger partial charge in [-0.25, -0.2) is 4.79 Å². The fourth-order valence-electron chi connectivity index (χ4n) is 2.24. The minimum atomic E-state index is -0.402. The lowest BCUT2D eigenvalue weighted by atomic mass is 10.2. The van der Waals surface area contributed by atoms with Crippen LogP contribution in [0.1, 0.15) is 6.42 Å². The summed E-state index contributed by atoms with van der Waals surface area (Å²) in [5.41, 5.74) is 0.811. The zero-order chi connectivity index (χ0) is 13.6. The van der Waals surface area contributed by atoms with Crippen LogP contribution in [-0.4, -0.2) is 28.3 Å². The molecule has 0 spiro atoms. The van der Waals surface area contributed by atoms with Crippen molar-refractivity contribution in [1.82, 2.24) is 15.1 Å². The summed E-state index contributed by atoms with van der Waals surface area (Å²) >= 11 is 3.41. The Kier molecular flexibility index (Phi) is 2.78. The van der Waals surface area contributed by atoms with Crippen LogP contribution in [0.5, 0.6) is 0 Å². The van der Waals surface area contributed by atoms with Crippen molar-refractivity contribution in [3.63, 3.8) is 0 Å². The molecule has 19 heavy (non-hydrogen) atoms. The smallest absolute Gasteiger partial charge is 0.278 e. The van der Waals surface area contributed by atoms with E-state index in [1.165, 1.54) is 0 Å². The van der Waals surface area contributed by atoms with Crippen LogP contribution in [0.4, 0.5) is 10.6 Å². The van der Waals surface area contributed by atoms with Gasteiger partial charge in [0.15, 0.2) is 0 Å². The maximum atomic E-state index is 11.9. The summed E-state index contributed by atoms with van der Waals surface area (Å²) in [6.45, 7) is 0.367. The van der Waals surface area contributed by atoms with Gasteiger partial charge in [0.1, 0.15) is 5.82 Å². The van der Waals surface area contributed by atoms with E-state index in [1.807, 2.05) is 18.2 Å². The molecule has 2 aromatic rings. The zero-order valence-corrected chi connectivity index (χ0v) is 11.8. The normalized spacial score (nSPS) is 16.0. The van der Waals surface area contributed by atoms with Gasteiger partial charge in [-0.05, 0) is 18.2 Å². The third kappa shape index (κ3) is 1.99. The molecule has 0 atom stereocenters. The number of benzene rings is 1. The molecule has 1 aliphatic heterocycles. The molecule has 1 saturated heterocycles. The van der Waals surface area contributed by atoms with Crippen molar-refractivity contribution in [3.05, 3.63) is 22.7 Å². The molecule has 1 fully saturated rings. The van der Waals surface area contributed by atoms with E-state index >= 15 is 0 Å². The molecule has 0 bridgehead atoms. The van der Waals surface area contributed by atoms with Crippen LogP contribution >= 0.6 is 15.9 Å². The molecule has 1 aromatic carbocycles. The molecule has 0 aliphatic carbocycles. The van der Waals surface area contributed by atoms with Gasteiger partial charge in [-0.3, -0.25) is 19.7 Å². The van der Waals surface area contributed by atoms with E-state index in [0.717, 1.165) is 15.4 Å². The molecule has 98 valence electrons. The predicted molar refractivity (Wildman–Crippen MR) is 73.9 cm³/mol. The topological polar surface area (TPSA) is 67.2 Å². The average Bonchev–Trinajstić information content (AvgIpc) is 2.65. The Morgan fingerprint density at radius 1 is 1.37 bits per heavy atom. The molecule has 3 amide bonds. The van der Waals surface area contributed by atoms with Gasteiger partial charge in [0.2, 0.25) is 5.91 Å². The number of hydrogen-bond donors (Lipinski definition) is 1. The van der Waals surface area contributed by atoms with Crippen molar-refractivity contribution in [1.29, 1.82) is 0 Å². The third-order valence-electron chi connectivity index (χ3n) is 3.07. The lowest BCUT2D eigenvalue weighted by molar-refractivity contribution is -0.120. The van der Waals surface area contributed by atoms with E-state index in [0.29, 0.717) is 18.8 Å². The van der Waals surface area contributed by atoms with Crippen molar-refractivity contribution in [2.24, 2.45) is 7.05 Å². The lowest BCUT2D eigenvalue weighted by Gasteiger charge is -2.26. The summed E-state index contributed by atoms with van der Waals surface area (Å²) in [5, 5.41) is 7.57. The van der Waals surface area contributed by atoms with Crippen LogP contribution in [-0.2, 0) is 11.8 Å². The number of nitrogens with one attached hydrogen (secondary N) is 1. The Balaban J connectivity index is 2.14. The number of amides is 3. The molecule has 1 N–H and O–H groups in total. The van der Waals surface area contributed by atoms with Crippen molar-refractivity contribution < 1.29 is 9.59 Å². The molecule has 0 saturated carbocycles. The Morgan fingerprint density at radius 3 is 2.89 bits per heavy atom. The quantitative estimate of drug-likeness (QED) is 0.870. The number of fused-ring (bicyclic) bond motifs is 1. The molecule has 1 aliphatic rings. The van der Waals surface area contributed by atoms with Gasteiger partial charge >= 0.3 is 6.03 Å². The van der Waals surface area contributed by atoms with Crippen molar-refractivity contribution in [3.8, 4) is 0 Å². The second kappa shape index (κ2) is 4.34. The first-order valence-corrected chi connectivity index (χ1v) is 6.59. The average molecular weight is 323 g/mol. The maximum Gasteiger partial charge on any atom is 0.329 e. The van der Waals surface area contributed by atoms with Gasteiger partial charge in [0.05, 0.1) is 5.52 Å². The summed E-state index contributed by atoms with van der Waals surface area (Å²) in [4.78, 5) is 24.7. The Bertz CT molecular complexity index is 694. The number of halogens is 1. The fraction of sp³-hybridized carbons (Fsp3) is 0.250. The summed E-state index contributed by atoms with van der Waals surface area (Å²) in [6, 6.07) is 5.30. The van der Waals surface area contributed by atoms with E-state index in [4.69, 9.17) is 0 Å². The first-order valence-electron chi connectivity index (χ1n) is 5.80. The van der Waals surface area contributed by atoms with Gasteiger partial charge in [-0.1, -0.05) is 15.9 Å². The molecule has 1 aromatic heterocycles. The number of nitrogens with zero attached hydrogens (tertiary/aromatic N) is 3. The highest BCUT2D eigenvalue weighted by atomic mass is 79.9. The zero-order valence-electron chi connectivity index (χ0n) is 10.2. The van der Waals surface area contributed by atoms with Gasteiger partial charge in [0.25, 0.3) is 0 Å².